The first-order valence-corrected chi connectivity index (χ1v) is 10.0. The van der Waals surface area contributed by atoms with Gasteiger partial charge in [0, 0.05) is 24.1 Å². The maximum absolute atomic E-state index is 12.7. The molecule has 1 aliphatic rings. The summed E-state index contributed by atoms with van der Waals surface area (Å²) < 4.78 is 2.19. The summed E-state index contributed by atoms with van der Waals surface area (Å²) in [4.78, 5) is 12.7. The Bertz CT molecular complexity index is 1020. The third-order valence-corrected chi connectivity index (χ3v) is 5.40. The summed E-state index contributed by atoms with van der Waals surface area (Å²) in [5, 5.41) is 12.2. The number of carbonyl (C=O) groups is 1. The fourth-order valence-corrected chi connectivity index (χ4v) is 3.92. The lowest BCUT2D eigenvalue weighted by molar-refractivity contribution is 0.102. The van der Waals surface area contributed by atoms with Gasteiger partial charge in [0.1, 0.15) is 5.82 Å². The topological polar surface area (TPSA) is 59.8 Å². The molecule has 0 spiro atoms. The van der Waals surface area contributed by atoms with E-state index in [4.69, 9.17) is 11.6 Å². The van der Waals surface area contributed by atoms with Gasteiger partial charge in [0.25, 0.3) is 5.91 Å². The van der Waals surface area contributed by atoms with Gasteiger partial charge in [0.15, 0.2) is 5.82 Å². The van der Waals surface area contributed by atoms with E-state index in [0.29, 0.717) is 16.3 Å². The third kappa shape index (κ3) is 3.80. The molecule has 6 heteroatoms. The molecule has 0 unspecified atom stereocenters. The molecule has 0 fully saturated rings. The van der Waals surface area contributed by atoms with E-state index in [9.17, 15) is 4.79 Å². The zero-order valence-corrected chi connectivity index (χ0v) is 16.9. The highest BCUT2D eigenvalue weighted by atomic mass is 35.5. The molecular formula is C22H23ClN4O. The van der Waals surface area contributed by atoms with Crippen LogP contribution in [0.25, 0.3) is 11.4 Å². The highest BCUT2D eigenvalue weighted by Gasteiger charge is 2.17. The summed E-state index contributed by atoms with van der Waals surface area (Å²) in [6.45, 7) is 4.88. The summed E-state index contributed by atoms with van der Waals surface area (Å²) >= 11 is 6.36. The standard InChI is InChI=1S/C22H23ClN4O/c1-14-10-15(2)12-17(11-14)22(28)24-19-13-16(7-8-18(19)23)21-26-25-20-6-4-3-5-9-27(20)21/h7-8,10-13H,3-6,9H2,1-2H3,(H,24,28). The van der Waals surface area contributed by atoms with Crippen LogP contribution in [-0.4, -0.2) is 20.7 Å². The quantitative estimate of drug-likeness (QED) is 0.664. The van der Waals surface area contributed by atoms with Gasteiger partial charge in [-0.15, -0.1) is 10.2 Å². The number of nitrogens with one attached hydrogen (secondary N) is 1. The Morgan fingerprint density at radius 1 is 1.04 bits per heavy atom. The average Bonchev–Trinajstić information content (AvgIpc) is 2.91. The van der Waals surface area contributed by atoms with Gasteiger partial charge in [-0.3, -0.25) is 4.79 Å². The van der Waals surface area contributed by atoms with Crippen LogP contribution in [0.4, 0.5) is 5.69 Å². The molecule has 0 saturated carbocycles. The van der Waals surface area contributed by atoms with Crippen molar-refractivity contribution in [3.05, 3.63) is 63.9 Å². The van der Waals surface area contributed by atoms with Gasteiger partial charge in [-0.1, -0.05) is 35.2 Å². The average molecular weight is 395 g/mol. The molecule has 2 heterocycles. The summed E-state index contributed by atoms with van der Waals surface area (Å²) in [6.07, 6.45) is 4.44. The predicted octanol–water partition coefficient (Wildman–Crippen LogP) is 5.19. The van der Waals surface area contributed by atoms with Gasteiger partial charge in [0.05, 0.1) is 10.7 Å². The molecule has 28 heavy (non-hydrogen) atoms. The number of halogens is 1. The van der Waals surface area contributed by atoms with E-state index in [1.807, 2.05) is 44.2 Å². The van der Waals surface area contributed by atoms with Crippen molar-refractivity contribution in [2.45, 2.75) is 46.1 Å². The molecule has 1 aliphatic heterocycles. The summed E-state index contributed by atoms with van der Waals surface area (Å²) in [5.74, 6) is 1.68. The van der Waals surface area contributed by atoms with Crippen LogP contribution in [0.5, 0.6) is 0 Å². The highest BCUT2D eigenvalue weighted by Crippen LogP contribution is 2.30. The van der Waals surface area contributed by atoms with Gasteiger partial charge in [-0.25, -0.2) is 0 Å². The Morgan fingerprint density at radius 3 is 2.61 bits per heavy atom. The van der Waals surface area contributed by atoms with E-state index in [1.165, 1.54) is 6.42 Å². The second-order valence-corrected chi connectivity index (χ2v) is 7.83. The Labute approximate surface area is 169 Å². The Hall–Kier alpha value is -2.66. The van der Waals surface area contributed by atoms with Gasteiger partial charge in [-0.05, 0) is 57.0 Å². The first kappa shape index (κ1) is 18.7. The molecule has 0 aliphatic carbocycles. The van der Waals surface area contributed by atoms with Crippen LogP contribution in [0.15, 0.2) is 36.4 Å². The van der Waals surface area contributed by atoms with E-state index in [0.717, 1.165) is 54.1 Å². The molecule has 5 nitrogen and oxygen atoms in total. The number of aryl methyl sites for hydroxylation is 3. The number of benzene rings is 2. The molecule has 1 amide bonds. The second kappa shape index (κ2) is 7.76. The molecule has 1 N–H and O–H groups in total. The van der Waals surface area contributed by atoms with Crippen LogP contribution in [-0.2, 0) is 13.0 Å². The zero-order chi connectivity index (χ0) is 19.7. The number of hydrogen-bond donors (Lipinski definition) is 1. The van der Waals surface area contributed by atoms with E-state index in [1.54, 1.807) is 6.07 Å². The second-order valence-electron chi connectivity index (χ2n) is 7.43. The van der Waals surface area contributed by atoms with Crippen molar-refractivity contribution in [1.82, 2.24) is 14.8 Å². The van der Waals surface area contributed by atoms with Crippen LogP contribution in [0.1, 0.15) is 46.6 Å². The zero-order valence-electron chi connectivity index (χ0n) is 16.1. The number of carbonyl (C=O) groups excluding carboxylic acids is 1. The van der Waals surface area contributed by atoms with E-state index in [-0.39, 0.29) is 5.91 Å². The van der Waals surface area contributed by atoms with Crippen molar-refractivity contribution in [3.8, 4) is 11.4 Å². The molecule has 1 aromatic heterocycles. The Kier molecular flexibility index (Phi) is 5.18. The molecule has 3 aromatic rings. The predicted molar refractivity (Wildman–Crippen MR) is 112 cm³/mol. The molecule has 0 saturated heterocycles. The first-order chi connectivity index (χ1) is 13.5. The lowest BCUT2D eigenvalue weighted by Crippen LogP contribution is -2.13. The largest absolute Gasteiger partial charge is 0.321 e. The molecule has 2 aromatic carbocycles. The minimum Gasteiger partial charge on any atom is -0.321 e. The summed E-state index contributed by atoms with van der Waals surface area (Å²) in [6, 6.07) is 11.4. The van der Waals surface area contributed by atoms with Crippen molar-refractivity contribution in [3.63, 3.8) is 0 Å². The maximum atomic E-state index is 12.7. The van der Waals surface area contributed by atoms with Crippen LogP contribution >= 0.6 is 11.6 Å². The lowest BCUT2D eigenvalue weighted by atomic mass is 10.1. The number of hydrogen-bond acceptors (Lipinski definition) is 3. The minimum absolute atomic E-state index is 0.175. The number of rotatable bonds is 3. The van der Waals surface area contributed by atoms with Crippen LogP contribution in [0.3, 0.4) is 0 Å². The molecular weight excluding hydrogens is 372 g/mol. The fourth-order valence-electron chi connectivity index (χ4n) is 3.76. The Balaban J connectivity index is 1.65. The minimum atomic E-state index is -0.175. The van der Waals surface area contributed by atoms with Gasteiger partial charge in [0.2, 0.25) is 0 Å². The molecule has 0 radical (unpaired) electrons. The van der Waals surface area contributed by atoms with Crippen molar-refractivity contribution in [1.29, 1.82) is 0 Å². The molecule has 4 rings (SSSR count). The van der Waals surface area contributed by atoms with Gasteiger partial charge in [-0.2, -0.15) is 0 Å². The van der Waals surface area contributed by atoms with Crippen molar-refractivity contribution >= 4 is 23.2 Å². The van der Waals surface area contributed by atoms with Gasteiger partial charge < -0.3 is 9.88 Å². The SMILES string of the molecule is Cc1cc(C)cc(C(=O)Nc2cc(-c3nnc4n3CCCCC4)ccc2Cl)c1. The third-order valence-electron chi connectivity index (χ3n) is 5.07. The smallest absolute Gasteiger partial charge is 0.255 e. The monoisotopic (exact) mass is 394 g/mol. The maximum Gasteiger partial charge on any atom is 0.255 e. The fraction of sp³-hybridized carbons (Fsp3) is 0.318. The lowest BCUT2D eigenvalue weighted by Gasteiger charge is -2.12. The van der Waals surface area contributed by atoms with Crippen LogP contribution in [0, 0.1) is 13.8 Å². The van der Waals surface area contributed by atoms with E-state index in [2.05, 4.69) is 20.1 Å². The number of fused-ring (bicyclic) bond motifs is 1. The normalized spacial score (nSPS) is 13.7. The summed E-state index contributed by atoms with van der Waals surface area (Å²) in [7, 11) is 0. The summed E-state index contributed by atoms with van der Waals surface area (Å²) in [5.41, 5.74) is 4.21. The van der Waals surface area contributed by atoms with Gasteiger partial charge >= 0.3 is 0 Å². The van der Waals surface area contributed by atoms with Crippen molar-refractivity contribution < 1.29 is 4.79 Å². The molecule has 0 atom stereocenters. The van der Waals surface area contributed by atoms with Crippen molar-refractivity contribution in [2.24, 2.45) is 0 Å². The van der Waals surface area contributed by atoms with Crippen LogP contribution in [0.2, 0.25) is 5.02 Å². The first-order valence-electron chi connectivity index (χ1n) is 9.63. The number of nitrogens with zero attached hydrogens (tertiary/aromatic N) is 3. The number of anilines is 1. The van der Waals surface area contributed by atoms with E-state index >= 15 is 0 Å². The molecule has 144 valence electrons. The van der Waals surface area contributed by atoms with E-state index < -0.39 is 0 Å². The highest BCUT2D eigenvalue weighted by molar-refractivity contribution is 6.34. The number of amides is 1. The Morgan fingerprint density at radius 2 is 1.82 bits per heavy atom. The molecule has 0 bridgehead atoms. The van der Waals surface area contributed by atoms with Crippen LogP contribution < -0.4 is 5.32 Å². The van der Waals surface area contributed by atoms with Crippen molar-refractivity contribution in [2.75, 3.05) is 5.32 Å². The number of aromatic nitrogens is 3.